The van der Waals surface area contributed by atoms with Crippen molar-refractivity contribution in [3.8, 4) is 0 Å². The molecule has 2 aromatic rings. The number of aliphatic hydroxyl groups excluding tert-OH is 1. The first-order valence-electron chi connectivity index (χ1n) is 6.06. The highest BCUT2D eigenvalue weighted by atomic mass is 32.2. The average Bonchev–Trinajstić information content (AvgIpc) is 2.83. The minimum Gasteiger partial charge on any atom is -0.392 e. The predicted molar refractivity (Wildman–Crippen MR) is 78.7 cm³/mol. The fourth-order valence-electron chi connectivity index (χ4n) is 1.67. The van der Waals surface area contributed by atoms with Crippen LogP contribution in [0.4, 0.5) is 0 Å². The maximum atomic E-state index is 12.0. The van der Waals surface area contributed by atoms with E-state index in [-0.39, 0.29) is 18.9 Å². The van der Waals surface area contributed by atoms with Gasteiger partial charge in [-0.25, -0.2) is 18.1 Å². The normalized spacial score (nSPS) is 11.7. The van der Waals surface area contributed by atoms with Gasteiger partial charge in [-0.15, -0.1) is 11.3 Å². The molecule has 1 heterocycles. The van der Waals surface area contributed by atoms with Gasteiger partial charge in [0.05, 0.1) is 18.9 Å². The van der Waals surface area contributed by atoms with Gasteiger partial charge >= 0.3 is 0 Å². The van der Waals surface area contributed by atoms with E-state index >= 15 is 0 Å². The number of aryl methyl sites for hydroxylation is 1. The second-order valence-electron chi connectivity index (χ2n) is 4.42. The zero-order valence-electron chi connectivity index (χ0n) is 11.0. The number of sulfonamides is 1. The van der Waals surface area contributed by atoms with Crippen LogP contribution in [0.15, 0.2) is 30.5 Å². The molecular weight excluding hydrogens is 296 g/mol. The van der Waals surface area contributed by atoms with Gasteiger partial charge in [-0.2, -0.15) is 0 Å². The van der Waals surface area contributed by atoms with Gasteiger partial charge in [0.15, 0.2) is 0 Å². The summed E-state index contributed by atoms with van der Waals surface area (Å²) < 4.78 is 26.4. The van der Waals surface area contributed by atoms with Crippen molar-refractivity contribution in [1.29, 1.82) is 0 Å². The summed E-state index contributed by atoms with van der Waals surface area (Å²) in [7, 11) is -3.39. The Balaban J connectivity index is 1.96. The van der Waals surface area contributed by atoms with Crippen LogP contribution >= 0.6 is 11.3 Å². The summed E-state index contributed by atoms with van der Waals surface area (Å²) in [5.74, 6) is -0.0803. The van der Waals surface area contributed by atoms with Crippen LogP contribution in [0.5, 0.6) is 0 Å². The molecule has 1 aromatic heterocycles. The van der Waals surface area contributed by atoms with Crippen molar-refractivity contribution in [3.63, 3.8) is 0 Å². The van der Waals surface area contributed by atoms with E-state index in [2.05, 4.69) is 9.71 Å². The van der Waals surface area contributed by atoms with Crippen LogP contribution < -0.4 is 4.72 Å². The Labute approximate surface area is 122 Å². The smallest absolute Gasteiger partial charge is 0.216 e. The van der Waals surface area contributed by atoms with E-state index in [1.165, 1.54) is 11.3 Å². The lowest BCUT2D eigenvalue weighted by molar-refractivity contribution is 0.282. The van der Waals surface area contributed by atoms with Gasteiger partial charge < -0.3 is 5.11 Å². The van der Waals surface area contributed by atoms with Crippen LogP contribution in [-0.2, 0) is 28.9 Å². The number of thiazole rings is 1. The lowest BCUT2D eigenvalue weighted by atomic mass is 10.2. The van der Waals surface area contributed by atoms with Crippen LogP contribution in [0, 0.1) is 6.92 Å². The van der Waals surface area contributed by atoms with Crippen LogP contribution in [0.3, 0.4) is 0 Å². The van der Waals surface area contributed by atoms with Crippen molar-refractivity contribution in [2.45, 2.75) is 25.8 Å². The summed E-state index contributed by atoms with van der Waals surface area (Å²) in [4.78, 5) is 5.17. The maximum absolute atomic E-state index is 12.0. The Kier molecular flexibility index (Phi) is 4.87. The average molecular weight is 312 g/mol. The fourth-order valence-corrected chi connectivity index (χ4v) is 3.57. The largest absolute Gasteiger partial charge is 0.392 e. The van der Waals surface area contributed by atoms with Crippen molar-refractivity contribution in [1.82, 2.24) is 9.71 Å². The molecule has 0 saturated carbocycles. The quantitative estimate of drug-likeness (QED) is 0.848. The molecule has 0 saturated heterocycles. The molecular formula is C13H16N2O3S2. The molecule has 2 N–H and O–H groups in total. The first-order chi connectivity index (χ1) is 9.48. The molecule has 0 fully saturated rings. The molecule has 0 unspecified atom stereocenters. The molecule has 0 aliphatic carbocycles. The second kappa shape index (κ2) is 6.45. The van der Waals surface area contributed by atoms with Gasteiger partial charge in [-0.3, -0.25) is 0 Å². The number of aromatic nitrogens is 1. The standard InChI is InChI=1S/C13H16N2O3S2/c1-10-6-14-13(19-10)7-15-20(17,18)9-12-4-2-11(8-16)3-5-12/h2-6,15-16H,7-9H2,1H3. The Morgan fingerprint density at radius 3 is 2.45 bits per heavy atom. The molecule has 1 aromatic carbocycles. The predicted octanol–water partition coefficient (Wildman–Crippen LogP) is 1.56. The van der Waals surface area contributed by atoms with Crippen molar-refractivity contribution < 1.29 is 13.5 Å². The molecule has 7 heteroatoms. The summed E-state index contributed by atoms with van der Waals surface area (Å²) in [5.41, 5.74) is 1.45. The number of nitrogens with one attached hydrogen (secondary N) is 1. The number of rotatable bonds is 6. The van der Waals surface area contributed by atoms with Gasteiger partial charge in [0.25, 0.3) is 0 Å². The van der Waals surface area contributed by atoms with E-state index in [0.29, 0.717) is 5.56 Å². The van der Waals surface area contributed by atoms with Crippen molar-refractivity contribution in [3.05, 3.63) is 51.5 Å². The van der Waals surface area contributed by atoms with Crippen molar-refractivity contribution >= 4 is 21.4 Å². The monoisotopic (exact) mass is 312 g/mol. The Hall–Kier alpha value is -1.28. The third kappa shape index (κ3) is 4.38. The highest BCUT2D eigenvalue weighted by Crippen LogP contribution is 2.12. The molecule has 0 aliphatic heterocycles. The zero-order chi connectivity index (χ0) is 14.6. The van der Waals surface area contributed by atoms with Crippen LogP contribution in [0.2, 0.25) is 0 Å². The highest BCUT2D eigenvalue weighted by Gasteiger charge is 2.12. The molecule has 0 radical (unpaired) electrons. The van der Waals surface area contributed by atoms with E-state index in [4.69, 9.17) is 5.11 Å². The number of nitrogens with zero attached hydrogens (tertiary/aromatic N) is 1. The molecule has 0 amide bonds. The molecule has 0 aliphatic rings. The zero-order valence-corrected chi connectivity index (χ0v) is 12.7. The first-order valence-corrected chi connectivity index (χ1v) is 8.53. The molecule has 20 heavy (non-hydrogen) atoms. The fraction of sp³-hybridized carbons (Fsp3) is 0.308. The minimum absolute atomic E-state index is 0.0469. The minimum atomic E-state index is -3.39. The van der Waals surface area contributed by atoms with Crippen LogP contribution in [0.25, 0.3) is 0 Å². The Bertz CT molecular complexity index is 663. The molecule has 5 nitrogen and oxygen atoms in total. The van der Waals surface area contributed by atoms with Gasteiger partial charge in [0, 0.05) is 11.1 Å². The third-order valence-electron chi connectivity index (χ3n) is 2.67. The highest BCUT2D eigenvalue weighted by molar-refractivity contribution is 7.88. The number of hydrogen-bond donors (Lipinski definition) is 2. The van der Waals surface area contributed by atoms with E-state index < -0.39 is 10.0 Å². The van der Waals surface area contributed by atoms with E-state index in [1.54, 1.807) is 30.5 Å². The van der Waals surface area contributed by atoms with Crippen molar-refractivity contribution in [2.24, 2.45) is 0 Å². The topological polar surface area (TPSA) is 79.3 Å². The number of benzene rings is 1. The SMILES string of the molecule is Cc1cnc(CNS(=O)(=O)Cc2ccc(CO)cc2)s1. The summed E-state index contributed by atoms with van der Waals surface area (Å²) in [5, 5.41) is 9.69. The first kappa shape index (κ1) is 15.1. The molecule has 0 spiro atoms. The molecule has 0 bridgehead atoms. The van der Waals surface area contributed by atoms with Crippen molar-refractivity contribution in [2.75, 3.05) is 0 Å². The molecule has 2 rings (SSSR count). The van der Waals surface area contributed by atoms with E-state index in [1.807, 2.05) is 6.92 Å². The van der Waals surface area contributed by atoms with E-state index in [9.17, 15) is 8.42 Å². The number of aliphatic hydroxyl groups is 1. The van der Waals surface area contributed by atoms with Gasteiger partial charge in [-0.1, -0.05) is 24.3 Å². The molecule has 108 valence electrons. The summed E-state index contributed by atoms with van der Waals surface area (Å²) in [6.07, 6.45) is 1.72. The molecule has 0 atom stereocenters. The van der Waals surface area contributed by atoms with Crippen LogP contribution in [0.1, 0.15) is 21.0 Å². The third-order valence-corrected chi connectivity index (χ3v) is 4.88. The Morgan fingerprint density at radius 1 is 1.25 bits per heavy atom. The summed E-state index contributed by atoms with van der Waals surface area (Å²) in [6, 6.07) is 6.85. The summed E-state index contributed by atoms with van der Waals surface area (Å²) >= 11 is 1.47. The lowest BCUT2D eigenvalue weighted by Gasteiger charge is -2.06. The maximum Gasteiger partial charge on any atom is 0.216 e. The second-order valence-corrected chi connectivity index (χ2v) is 7.55. The Morgan fingerprint density at radius 2 is 1.90 bits per heavy atom. The van der Waals surface area contributed by atoms with E-state index in [0.717, 1.165) is 15.4 Å². The lowest BCUT2D eigenvalue weighted by Crippen LogP contribution is -2.24. The van der Waals surface area contributed by atoms with Gasteiger partial charge in [0.1, 0.15) is 5.01 Å². The number of hydrogen-bond acceptors (Lipinski definition) is 5. The summed E-state index contributed by atoms with van der Waals surface area (Å²) in [6.45, 7) is 2.10. The van der Waals surface area contributed by atoms with Gasteiger partial charge in [0.2, 0.25) is 10.0 Å². The van der Waals surface area contributed by atoms with Crippen LogP contribution in [-0.4, -0.2) is 18.5 Å². The van der Waals surface area contributed by atoms with Gasteiger partial charge in [-0.05, 0) is 18.1 Å².